The van der Waals surface area contributed by atoms with Crippen molar-refractivity contribution in [2.75, 3.05) is 10.5 Å². The van der Waals surface area contributed by atoms with Crippen molar-refractivity contribution in [1.82, 2.24) is 14.8 Å². The highest BCUT2D eigenvalue weighted by Gasteiger charge is 2.18. The third-order valence-corrected chi connectivity index (χ3v) is 6.58. The number of carbonyl (C=O) groups is 1. The van der Waals surface area contributed by atoms with Crippen LogP contribution in [0.5, 0.6) is 5.88 Å². The molecule has 154 valence electrons. The number of fused-ring (bicyclic) bond motifs is 1. The van der Waals surface area contributed by atoms with Gasteiger partial charge in [0.2, 0.25) is 21.0 Å². The zero-order valence-corrected chi connectivity index (χ0v) is 17.6. The number of hydrogen-bond acceptors (Lipinski definition) is 7. The molecule has 0 aliphatic heterocycles. The van der Waals surface area contributed by atoms with Crippen molar-refractivity contribution in [2.24, 2.45) is 0 Å². The zero-order chi connectivity index (χ0) is 21.1. The molecule has 0 saturated heterocycles. The van der Waals surface area contributed by atoms with Crippen LogP contribution in [-0.4, -0.2) is 35.4 Å². The number of ether oxygens (including phenoxy) is 1. The molecule has 0 radical (unpaired) electrons. The number of rotatable bonds is 8. The molecular weight excluding hydrogens is 424 g/mol. The molecule has 4 aromatic rings. The van der Waals surface area contributed by atoms with Crippen LogP contribution in [0.15, 0.2) is 53.9 Å². The van der Waals surface area contributed by atoms with Crippen molar-refractivity contribution in [3.63, 3.8) is 0 Å². The number of nitrogens with one attached hydrogen (secondary N) is 1. The zero-order valence-electron chi connectivity index (χ0n) is 16.0. The van der Waals surface area contributed by atoms with E-state index in [1.54, 1.807) is 22.2 Å². The molecule has 2 heterocycles. The highest BCUT2D eigenvalue weighted by Crippen LogP contribution is 2.33. The Morgan fingerprint density at radius 3 is 2.73 bits per heavy atom. The Balaban J connectivity index is 1.87. The van der Waals surface area contributed by atoms with E-state index in [1.165, 1.54) is 11.3 Å². The van der Waals surface area contributed by atoms with E-state index in [0.717, 1.165) is 16.6 Å². The first-order chi connectivity index (χ1) is 14.5. The highest BCUT2D eigenvalue weighted by molar-refractivity contribution is 7.92. The fourth-order valence-corrected chi connectivity index (χ4v) is 4.91. The van der Waals surface area contributed by atoms with Crippen molar-refractivity contribution in [3.05, 3.63) is 53.9 Å². The standard InChI is InChI=1S/C20H18N4O4S2/c1-2-10-30(26,27)23-15-8-9-16-17(11-15)24(20-21-18(12-29-20)28-13-25)22-19(16)14-6-4-3-5-7-14/h3-9,11-13,23H,2,10H2,1H3. The number of thiazole rings is 1. The van der Waals surface area contributed by atoms with Gasteiger partial charge in [0, 0.05) is 10.9 Å². The topological polar surface area (TPSA) is 103 Å². The van der Waals surface area contributed by atoms with Crippen LogP contribution in [0.2, 0.25) is 0 Å². The van der Waals surface area contributed by atoms with Crippen molar-refractivity contribution in [2.45, 2.75) is 13.3 Å². The summed E-state index contributed by atoms with van der Waals surface area (Å²) in [5.74, 6) is 0.216. The Morgan fingerprint density at radius 1 is 1.20 bits per heavy atom. The third kappa shape index (κ3) is 4.05. The largest absolute Gasteiger partial charge is 0.409 e. The van der Waals surface area contributed by atoms with Crippen molar-refractivity contribution in [3.8, 4) is 22.3 Å². The minimum Gasteiger partial charge on any atom is -0.409 e. The fourth-order valence-electron chi connectivity index (χ4n) is 3.08. The van der Waals surface area contributed by atoms with Crippen LogP contribution in [0.25, 0.3) is 27.3 Å². The summed E-state index contributed by atoms with van der Waals surface area (Å²) in [6.45, 7) is 2.13. The summed E-state index contributed by atoms with van der Waals surface area (Å²) in [4.78, 5) is 14.9. The van der Waals surface area contributed by atoms with Gasteiger partial charge in [0.05, 0.1) is 22.3 Å². The Kier molecular flexibility index (Phi) is 5.51. The average molecular weight is 443 g/mol. The smallest absolute Gasteiger partial charge is 0.299 e. The number of benzene rings is 2. The van der Waals surface area contributed by atoms with Gasteiger partial charge in [-0.15, -0.1) is 0 Å². The number of hydrogen-bond donors (Lipinski definition) is 1. The van der Waals surface area contributed by atoms with E-state index in [9.17, 15) is 13.2 Å². The lowest BCUT2D eigenvalue weighted by Crippen LogP contribution is -2.16. The second-order valence-corrected chi connectivity index (χ2v) is 9.14. The van der Waals surface area contributed by atoms with Crippen LogP contribution >= 0.6 is 11.3 Å². The monoisotopic (exact) mass is 442 g/mol. The number of carbonyl (C=O) groups excluding carboxylic acids is 1. The maximum atomic E-state index is 12.2. The van der Waals surface area contributed by atoms with Gasteiger partial charge in [-0.3, -0.25) is 9.52 Å². The molecule has 0 amide bonds. The van der Waals surface area contributed by atoms with Crippen LogP contribution in [0, 0.1) is 0 Å². The molecule has 0 aliphatic rings. The number of sulfonamides is 1. The predicted molar refractivity (Wildman–Crippen MR) is 117 cm³/mol. The summed E-state index contributed by atoms with van der Waals surface area (Å²) in [5, 5.41) is 7.66. The lowest BCUT2D eigenvalue weighted by molar-refractivity contribution is -0.120. The normalized spacial score (nSPS) is 11.5. The first kappa shape index (κ1) is 20.0. The first-order valence-electron chi connectivity index (χ1n) is 9.15. The van der Waals surface area contributed by atoms with Gasteiger partial charge in [-0.05, 0) is 24.6 Å². The molecule has 0 atom stereocenters. The van der Waals surface area contributed by atoms with Gasteiger partial charge in [0.25, 0.3) is 6.47 Å². The van der Waals surface area contributed by atoms with Crippen LogP contribution in [0.1, 0.15) is 13.3 Å². The molecule has 2 aromatic heterocycles. The predicted octanol–water partition coefficient (Wildman–Crippen LogP) is 3.84. The number of anilines is 1. The van der Waals surface area contributed by atoms with E-state index >= 15 is 0 Å². The third-order valence-electron chi connectivity index (χ3n) is 4.30. The Morgan fingerprint density at radius 2 is 2.00 bits per heavy atom. The molecular formula is C20H18N4O4S2. The van der Waals surface area contributed by atoms with E-state index in [2.05, 4.69) is 9.71 Å². The molecule has 0 unspecified atom stereocenters. The SMILES string of the molecule is CCCS(=O)(=O)Nc1ccc2c(-c3ccccc3)nn(-c3nc(OC=O)cs3)c2c1. The molecule has 0 fully saturated rings. The fraction of sp³-hybridized carbons (Fsp3) is 0.150. The van der Waals surface area contributed by atoms with Crippen molar-refractivity contribution >= 4 is 44.4 Å². The lowest BCUT2D eigenvalue weighted by Gasteiger charge is -2.07. The van der Waals surface area contributed by atoms with E-state index in [1.807, 2.05) is 43.3 Å². The molecule has 30 heavy (non-hydrogen) atoms. The number of aromatic nitrogens is 3. The summed E-state index contributed by atoms with van der Waals surface area (Å²) in [6.07, 6.45) is 0.520. The van der Waals surface area contributed by atoms with Gasteiger partial charge < -0.3 is 4.74 Å². The van der Waals surface area contributed by atoms with Crippen molar-refractivity contribution in [1.29, 1.82) is 0 Å². The molecule has 0 spiro atoms. The van der Waals surface area contributed by atoms with Crippen LogP contribution in [0.4, 0.5) is 5.69 Å². The molecule has 0 bridgehead atoms. The quantitative estimate of drug-likeness (QED) is 0.416. The minimum atomic E-state index is -3.43. The lowest BCUT2D eigenvalue weighted by atomic mass is 10.1. The van der Waals surface area contributed by atoms with Gasteiger partial charge in [-0.25, -0.2) is 13.1 Å². The second-order valence-electron chi connectivity index (χ2n) is 6.46. The number of nitrogens with zero attached hydrogens (tertiary/aromatic N) is 3. The highest BCUT2D eigenvalue weighted by atomic mass is 32.2. The molecule has 0 saturated carbocycles. The molecule has 1 N–H and O–H groups in total. The van der Waals surface area contributed by atoms with Crippen molar-refractivity contribution < 1.29 is 17.9 Å². The van der Waals surface area contributed by atoms with Gasteiger partial charge in [-0.1, -0.05) is 48.6 Å². The van der Waals surface area contributed by atoms with E-state index in [-0.39, 0.29) is 11.6 Å². The Hall–Kier alpha value is -3.24. The van der Waals surface area contributed by atoms with E-state index < -0.39 is 10.0 Å². The maximum absolute atomic E-state index is 12.2. The summed E-state index contributed by atoms with van der Waals surface area (Å²) in [6, 6.07) is 15.0. The first-order valence-corrected chi connectivity index (χ1v) is 11.7. The van der Waals surface area contributed by atoms with Gasteiger partial charge >= 0.3 is 0 Å². The average Bonchev–Trinajstić information content (AvgIpc) is 3.33. The Bertz CT molecular complexity index is 1300. The molecule has 4 rings (SSSR count). The Labute approximate surface area is 177 Å². The van der Waals surface area contributed by atoms with E-state index in [4.69, 9.17) is 9.84 Å². The maximum Gasteiger partial charge on any atom is 0.299 e. The van der Waals surface area contributed by atoms with Gasteiger partial charge in [0.1, 0.15) is 5.69 Å². The summed E-state index contributed by atoms with van der Waals surface area (Å²) >= 11 is 1.26. The molecule has 10 heteroatoms. The van der Waals surface area contributed by atoms with Crippen LogP contribution < -0.4 is 9.46 Å². The molecule has 0 aliphatic carbocycles. The summed E-state index contributed by atoms with van der Waals surface area (Å²) in [7, 11) is -3.43. The van der Waals surface area contributed by atoms with E-state index in [0.29, 0.717) is 29.2 Å². The molecule has 2 aromatic carbocycles. The summed E-state index contributed by atoms with van der Waals surface area (Å²) in [5.41, 5.74) is 2.78. The minimum absolute atomic E-state index is 0.0401. The van der Waals surface area contributed by atoms with Gasteiger partial charge in [-0.2, -0.15) is 10.1 Å². The summed E-state index contributed by atoms with van der Waals surface area (Å²) < 4.78 is 33.4. The molecule has 8 nitrogen and oxygen atoms in total. The van der Waals surface area contributed by atoms with Crippen LogP contribution in [-0.2, 0) is 14.8 Å². The van der Waals surface area contributed by atoms with Gasteiger partial charge in [0.15, 0.2) is 0 Å². The second kappa shape index (κ2) is 8.25. The van der Waals surface area contributed by atoms with Crippen LogP contribution in [0.3, 0.4) is 0 Å².